The zero-order valence-corrected chi connectivity index (χ0v) is 16.0. The maximum Gasteiger partial charge on any atom is 0.380 e. The number of carbonyl (C=O) groups excluding carboxylic acids is 2. The molecule has 0 bridgehead atoms. The molecule has 0 N–H and O–H groups in total. The van der Waals surface area contributed by atoms with Gasteiger partial charge in [-0.25, -0.2) is 4.79 Å². The van der Waals surface area contributed by atoms with Crippen LogP contribution in [0, 0.1) is 0 Å². The van der Waals surface area contributed by atoms with Crippen molar-refractivity contribution >= 4 is 11.8 Å². The van der Waals surface area contributed by atoms with Crippen LogP contribution in [-0.4, -0.2) is 18.4 Å². The van der Waals surface area contributed by atoms with E-state index in [0.29, 0.717) is 17.9 Å². The van der Waals surface area contributed by atoms with Gasteiger partial charge < -0.3 is 9.47 Å². The number of rotatable bonds is 12. The van der Waals surface area contributed by atoms with Gasteiger partial charge in [0, 0.05) is 5.56 Å². The Balaban J connectivity index is 1.71. The molecule has 0 saturated heterocycles. The van der Waals surface area contributed by atoms with Crippen LogP contribution in [0.1, 0.15) is 61.4 Å². The van der Waals surface area contributed by atoms with Gasteiger partial charge in [-0.15, -0.1) is 0 Å². The van der Waals surface area contributed by atoms with E-state index in [0.717, 1.165) is 12.0 Å². The minimum Gasteiger partial charge on any atom is -0.494 e. The maximum atomic E-state index is 12.1. The normalized spacial score (nSPS) is 10.4. The molecule has 0 aliphatic rings. The number of ether oxygens (including phenoxy) is 2. The van der Waals surface area contributed by atoms with E-state index >= 15 is 0 Å². The molecule has 0 aliphatic heterocycles. The summed E-state index contributed by atoms with van der Waals surface area (Å²) in [6.07, 6.45) is 7.27. The number of benzene rings is 2. The zero-order valence-electron chi connectivity index (χ0n) is 16.0. The van der Waals surface area contributed by atoms with Crippen LogP contribution in [-0.2, 0) is 16.1 Å². The fourth-order valence-corrected chi connectivity index (χ4v) is 2.68. The van der Waals surface area contributed by atoms with E-state index in [4.69, 9.17) is 9.47 Å². The summed E-state index contributed by atoms with van der Waals surface area (Å²) < 4.78 is 10.8. The van der Waals surface area contributed by atoms with Crippen molar-refractivity contribution in [3.63, 3.8) is 0 Å². The van der Waals surface area contributed by atoms with Gasteiger partial charge in [-0.2, -0.15) is 0 Å². The van der Waals surface area contributed by atoms with Crippen LogP contribution in [0.15, 0.2) is 54.6 Å². The Morgan fingerprint density at radius 1 is 0.815 bits per heavy atom. The lowest BCUT2D eigenvalue weighted by molar-refractivity contribution is -0.139. The summed E-state index contributed by atoms with van der Waals surface area (Å²) in [6, 6.07) is 15.9. The first-order chi connectivity index (χ1) is 13.2. The summed E-state index contributed by atoms with van der Waals surface area (Å²) in [5, 5.41) is 0. The average molecular weight is 368 g/mol. The van der Waals surface area contributed by atoms with Gasteiger partial charge in [0.05, 0.1) is 6.61 Å². The number of ketones is 1. The number of hydrogen-bond acceptors (Lipinski definition) is 4. The lowest BCUT2D eigenvalue weighted by Gasteiger charge is -2.07. The second-order valence-electron chi connectivity index (χ2n) is 6.53. The van der Waals surface area contributed by atoms with Crippen LogP contribution in [0.25, 0.3) is 0 Å². The van der Waals surface area contributed by atoms with Gasteiger partial charge in [0.2, 0.25) is 0 Å². The van der Waals surface area contributed by atoms with Crippen LogP contribution >= 0.6 is 0 Å². The Morgan fingerprint density at radius 2 is 1.48 bits per heavy atom. The number of unbranched alkanes of at least 4 members (excludes halogenated alkanes) is 5. The lowest BCUT2D eigenvalue weighted by Crippen LogP contribution is -2.17. The topological polar surface area (TPSA) is 52.6 Å². The highest BCUT2D eigenvalue weighted by Crippen LogP contribution is 2.14. The Kier molecular flexibility index (Phi) is 9.11. The molecule has 4 heteroatoms. The summed E-state index contributed by atoms with van der Waals surface area (Å²) in [5.41, 5.74) is 1.15. The second kappa shape index (κ2) is 11.9. The largest absolute Gasteiger partial charge is 0.494 e. The molecule has 0 atom stereocenters. The van der Waals surface area contributed by atoms with Gasteiger partial charge in [-0.05, 0) is 36.2 Å². The molecule has 144 valence electrons. The highest BCUT2D eigenvalue weighted by Gasteiger charge is 2.18. The number of esters is 1. The molecule has 0 saturated carbocycles. The Bertz CT molecular complexity index is 692. The van der Waals surface area contributed by atoms with Gasteiger partial charge in [-0.3, -0.25) is 4.79 Å². The third-order valence-electron chi connectivity index (χ3n) is 4.28. The first-order valence-corrected chi connectivity index (χ1v) is 9.69. The van der Waals surface area contributed by atoms with Gasteiger partial charge in [0.15, 0.2) is 0 Å². The molecule has 0 radical (unpaired) electrons. The predicted octanol–water partition coefficient (Wildman–Crippen LogP) is 5.35. The van der Waals surface area contributed by atoms with Crippen molar-refractivity contribution in [2.24, 2.45) is 0 Å². The second-order valence-corrected chi connectivity index (χ2v) is 6.53. The molecule has 2 rings (SSSR count). The molecule has 0 aromatic heterocycles. The average Bonchev–Trinajstić information content (AvgIpc) is 2.72. The van der Waals surface area contributed by atoms with Crippen molar-refractivity contribution in [2.75, 3.05) is 6.61 Å². The van der Waals surface area contributed by atoms with Gasteiger partial charge in [-0.1, -0.05) is 69.4 Å². The molecular weight excluding hydrogens is 340 g/mol. The minimum absolute atomic E-state index is 0.0882. The maximum absolute atomic E-state index is 12.1. The summed E-state index contributed by atoms with van der Waals surface area (Å²) in [7, 11) is 0. The molecule has 0 amide bonds. The molecule has 0 spiro atoms. The van der Waals surface area contributed by atoms with E-state index in [-0.39, 0.29) is 6.61 Å². The van der Waals surface area contributed by atoms with E-state index in [1.54, 1.807) is 24.3 Å². The van der Waals surface area contributed by atoms with Gasteiger partial charge >= 0.3 is 5.97 Å². The molecule has 27 heavy (non-hydrogen) atoms. The van der Waals surface area contributed by atoms with Crippen LogP contribution in [0.2, 0.25) is 0 Å². The number of carbonyl (C=O) groups is 2. The number of hydrogen-bond donors (Lipinski definition) is 0. The summed E-state index contributed by atoms with van der Waals surface area (Å²) in [5.74, 6) is -0.786. The first kappa shape index (κ1) is 20.7. The van der Waals surface area contributed by atoms with Crippen molar-refractivity contribution in [3.8, 4) is 5.75 Å². The van der Waals surface area contributed by atoms with Crippen LogP contribution < -0.4 is 4.74 Å². The Labute approximate surface area is 161 Å². The quantitative estimate of drug-likeness (QED) is 0.219. The van der Waals surface area contributed by atoms with Crippen LogP contribution in [0.3, 0.4) is 0 Å². The minimum atomic E-state index is -0.848. The molecule has 2 aromatic rings. The summed E-state index contributed by atoms with van der Waals surface area (Å²) >= 11 is 0. The predicted molar refractivity (Wildman–Crippen MR) is 106 cm³/mol. The fraction of sp³-hybridized carbons (Fsp3) is 0.391. The smallest absolute Gasteiger partial charge is 0.380 e. The lowest BCUT2D eigenvalue weighted by atomic mass is 10.1. The van der Waals surface area contributed by atoms with Gasteiger partial charge in [0.25, 0.3) is 5.78 Å². The molecule has 0 fully saturated rings. The van der Waals surface area contributed by atoms with E-state index in [1.807, 2.05) is 30.3 Å². The van der Waals surface area contributed by atoms with Gasteiger partial charge in [0.1, 0.15) is 12.4 Å². The Hall–Kier alpha value is -2.62. The molecule has 0 heterocycles. The molecule has 2 aromatic carbocycles. The third kappa shape index (κ3) is 7.65. The molecular formula is C23H28O4. The highest BCUT2D eigenvalue weighted by molar-refractivity contribution is 6.40. The monoisotopic (exact) mass is 368 g/mol. The molecule has 0 unspecified atom stereocenters. The highest BCUT2D eigenvalue weighted by atomic mass is 16.5. The summed E-state index contributed by atoms with van der Waals surface area (Å²) in [6.45, 7) is 2.96. The van der Waals surface area contributed by atoms with Crippen molar-refractivity contribution in [1.29, 1.82) is 0 Å². The molecule has 0 aliphatic carbocycles. The van der Waals surface area contributed by atoms with Crippen molar-refractivity contribution in [3.05, 3.63) is 65.7 Å². The van der Waals surface area contributed by atoms with E-state index in [2.05, 4.69) is 6.92 Å². The standard InChI is InChI=1S/C23H28O4/c1-2-3-4-5-6-10-17-26-21-15-13-20(14-16-21)22(24)23(25)27-18-19-11-8-7-9-12-19/h7-9,11-16H,2-6,10,17-18H2,1H3. The van der Waals surface area contributed by atoms with Crippen LogP contribution in [0.5, 0.6) is 5.75 Å². The Morgan fingerprint density at radius 3 is 2.19 bits per heavy atom. The van der Waals surface area contributed by atoms with Crippen molar-refractivity contribution in [1.82, 2.24) is 0 Å². The number of Topliss-reactive ketones (excluding diaryl/α,β-unsaturated/α-hetero) is 1. The van der Waals surface area contributed by atoms with Crippen molar-refractivity contribution in [2.45, 2.75) is 52.1 Å². The van der Waals surface area contributed by atoms with Crippen molar-refractivity contribution < 1.29 is 19.1 Å². The van der Waals surface area contributed by atoms with E-state index in [1.165, 1.54) is 32.1 Å². The molecule has 4 nitrogen and oxygen atoms in total. The SMILES string of the molecule is CCCCCCCCOc1ccc(C(=O)C(=O)OCc2ccccc2)cc1. The zero-order chi connectivity index (χ0) is 19.3. The van der Waals surface area contributed by atoms with E-state index < -0.39 is 11.8 Å². The van der Waals surface area contributed by atoms with E-state index in [9.17, 15) is 9.59 Å². The first-order valence-electron chi connectivity index (χ1n) is 9.69. The fourth-order valence-electron chi connectivity index (χ4n) is 2.68. The van der Waals surface area contributed by atoms with Crippen LogP contribution in [0.4, 0.5) is 0 Å². The third-order valence-corrected chi connectivity index (χ3v) is 4.28. The summed E-state index contributed by atoms with van der Waals surface area (Å²) in [4.78, 5) is 24.1.